The number of hydrogen-bond donors (Lipinski definition) is 2. The van der Waals surface area contributed by atoms with E-state index >= 15 is 0 Å². The SMILES string of the molecule is C=Cc1c(C)cncc1-c1cc(Nc2cncc(C)c2)nc(C2CCC(C)NC2)n1. The highest BCUT2D eigenvalue weighted by Crippen LogP contribution is 2.30. The summed E-state index contributed by atoms with van der Waals surface area (Å²) in [6, 6.07) is 4.57. The summed E-state index contributed by atoms with van der Waals surface area (Å²) >= 11 is 0. The van der Waals surface area contributed by atoms with Crippen LogP contribution in [0.25, 0.3) is 17.3 Å². The van der Waals surface area contributed by atoms with Crippen LogP contribution < -0.4 is 10.6 Å². The van der Waals surface area contributed by atoms with E-state index < -0.39 is 0 Å². The van der Waals surface area contributed by atoms with Gasteiger partial charge in [0.1, 0.15) is 11.6 Å². The Bertz CT molecular complexity index is 1050. The minimum atomic E-state index is 0.280. The van der Waals surface area contributed by atoms with Crippen molar-refractivity contribution in [3.8, 4) is 11.3 Å². The third-order valence-corrected chi connectivity index (χ3v) is 5.58. The minimum Gasteiger partial charge on any atom is -0.339 e. The number of nitrogens with one attached hydrogen (secondary N) is 2. The fourth-order valence-corrected chi connectivity index (χ4v) is 3.89. The highest BCUT2D eigenvalue weighted by Gasteiger charge is 2.23. The molecule has 3 aromatic heterocycles. The summed E-state index contributed by atoms with van der Waals surface area (Å²) in [6.07, 6.45) is 11.4. The van der Waals surface area contributed by atoms with E-state index in [9.17, 15) is 0 Å². The van der Waals surface area contributed by atoms with E-state index in [1.54, 1.807) is 0 Å². The molecule has 1 fully saturated rings. The van der Waals surface area contributed by atoms with Crippen molar-refractivity contribution in [1.29, 1.82) is 0 Å². The second-order valence-electron chi connectivity index (χ2n) is 8.08. The molecule has 154 valence electrons. The van der Waals surface area contributed by atoms with Crippen LogP contribution in [0.1, 0.15) is 48.2 Å². The van der Waals surface area contributed by atoms with Crippen molar-refractivity contribution in [1.82, 2.24) is 25.3 Å². The van der Waals surface area contributed by atoms with Crippen molar-refractivity contribution >= 4 is 17.6 Å². The molecule has 6 heteroatoms. The summed E-state index contributed by atoms with van der Waals surface area (Å²) < 4.78 is 0. The Labute approximate surface area is 177 Å². The quantitative estimate of drug-likeness (QED) is 0.641. The Kier molecular flexibility index (Phi) is 5.86. The summed E-state index contributed by atoms with van der Waals surface area (Å²) in [4.78, 5) is 18.5. The molecule has 2 N–H and O–H groups in total. The first kappa shape index (κ1) is 20.2. The van der Waals surface area contributed by atoms with Crippen LogP contribution in [-0.4, -0.2) is 32.5 Å². The lowest BCUT2D eigenvalue weighted by molar-refractivity contribution is 0.376. The number of pyridine rings is 2. The van der Waals surface area contributed by atoms with Gasteiger partial charge >= 0.3 is 0 Å². The number of hydrogen-bond acceptors (Lipinski definition) is 6. The fourth-order valence-electron chi connectivity index (χ4n) is 3.89. The van der Waals surface area contributed by atoms with Crippen molar-refractivity contribution in [2.75, 3.05) is 11.9 Å². The molecule has 0 radical (unpaired) electrons. The van der Waals surface area contributed by atoms with Crippen molar-refractivity contribution < 1.29 is 0 Å². The van der Waals surface area contributed by atoms with E-state index in [0.29, 0.717) is 6.04 Å². The Morgan fingerprint density at radius 1 is 1.07 bits per heavy atom. The Balaban J connectivity index is 1.78. The van der Waals surface area contributed by atoms with E-state index in [0.717, 1.165) is 64.7 Å². The molecular weight excluding hydrogens is 372 g/mol. The topological polar surface area (TPSA) is 75.6 Å². The van der Waals surface area contributed by atoms with Crippen molar-refractivity contribution in [2.45, 2.75) is 45.6 Å². The highest BCUT2D eigenvalue weighted by molar-refractivity contribution is 5.75. The first-order chi connectivity index (χ1) is 14.5. The molecule has 1 aliphatic rings. The van der Waals surface area contributed by atoms with Crippen LogP contribution in [0.2, 0.25) is 0 Å². The second kappa shape index (κ2) is 8.71. The van der Waals surface area contributed by atoms with E-state index in [2.05, 4.69) is 40.2 Å². The van der Waals surface area contributed by atoms with Gasteiger partial charge in [-0.25, -0.2) is 9.97 Å². The largest absolute Gasteiger partial charge is 0.339 e. The Morgan fingerprint density at radius 2 is 1.90 bits per heavy atom. The van der Waals surface area contributed by atoms with Gasteiger partial charge < -0.3 is 10.6 Å². The molecule has 4 heterocycles. The summed E-state index contributed by atoms with van der Waals surface area (Å²) in [7, 11) is 0. The van der Waals surface area contributed by atoms with Crippen molar-refractivity contribution in [2.24, 2.45) is 0 Å². The lowest BCUT2D eigenvalue weighted by Gasteiger charge is -2.27. The van der Waals surface area contributed by atoms with E-state index in [-0.39, 0.29) is 5.92 Å². The van der Waals surface area contributed by atoms with Crippen LogP contribution >= 0.6 is 0 Å². The molecule has 0 bridgehead atoms. The number of aryl methyl sites for hydroxylation is 2. The van der Waals surface area contributed by atoms with Crippen LogP contribution in [0.4, 0.5) is 11.5 Å². The van der Waals surface area contributed by atoms with Crippen LogP contribution in [0.15, 0.2) is 43.5 Å². The summed E-state index contributed by atoms with van der Waals surface area (Å²) in [5.74, 6) is 1.89. The number of anilines is 2. The van der Waals surface area contributed by atoms with Gasteiger partial charge in [0.05, 0.1) is 17.6 Å². The minimum absolute atomic E-state index is 0.280. The van der Waals surface area contributed by atoms with Gasteiger partial charge in [-0.3, -0.25) is 9.97 Å². The third-order valence-electron chi connectivity index (χ3n) is 5.58. The van der Waals surface area contributed by atoms with Gasteiger partial charge in [-0.05, 0) is 56.4 Å². The normalized spacial score (nSPS) is 18.8. The fraction of sp³-hybridized carbons (Fsp3) is 0.333. The van der Waals surface area contributed by atoms with Gasteiger partial charge in [-0.1, -0.05) is 12.7 Å². The maximum absolute atomic E-state index is 4.97. The zero-order chi connectivity index (χ0) is 21.1. The predicted octanol–water partition coefficient (Wildman–Crippen LogP) is 4.79. The molecule has 0 aliphatic carbocycles. The molecular formula is C24H28N6. The molecule has 0 spiro atoms. The Morgan fingerprint density at radius 3 is 2.63 bits per heavy atom. The molecule has 1 saturated heterocycles. The van der Waals surface area contributed by atoms with Crippen LogP contribution in [0, 0.1) is 13.8 Å². The molecule has 30 heavy (non-hydrogen) atoms. The standard InChI is InChI=1S/C24H28N6/c1-5-20-16(3)11-26-14-21(20)22-9-23(28-19-8-15(2)10-25-13-19)30-24(29-22)18-7-6-17(4)27-12-18/h5,8-11,13-14,17-18,27H,1,6-7,12H2,2-4H3,(H,28,29,30). The Hall–Kier alpha value is -3.12. The average molecular weight is 401 g/mol. The van der Waals surface area contributed by atoms with Gasteiger partial charge in [0.2, 0.25) is 0 Å². The molecule has 0 saturated carbocycles. The van der Waals surface area contributed by atoms with Crippen molar-refractivity contribution in [3.63, 3.8) is 0 Å². The van der Waals surface area contributed by atoms with Gasteiger partial charge in [-0.2, -0.15) is 0 Å². The first-order valence-electron chi connectivity index (χ1n) is 10.4. The van der Waals surface area contributed by atoms with E-state index in [1.807, 2.05) is 50.8 Å². The molecule has 4 rings (SSSR count). The van der Waals surface area contributed by atoms with Gasteiger partial charge in [0, 0.05) is 48.7 Å². The number of rotatable bonds is 5. The van der Waals surface area contributed by atoms with Gasteiger partial charge in [-0.15, -0.1) is 0 Å². The number of piperidine rings is 1. The molecule has 2 unspecified atom stereocenters. The maximum atomic E-state index is 4.97. The summed E-state index contributed by atoms with van der Waals surface area (Å²) in [5.41, 5.74) is 5.95. The molecule has 2 atom stereocenters. The summed E-state index contributed by atoms with van der Waals surface area (Å²) in [5, 5.41) is 6.97. The molecule has 0 amide bonds. The third kappa shape index (κ3) is 4.39. The number of aromatic nitrogens is 4. The molecule has 0 aromatic carbocycles. The highest BCUT2D eigenvalue weighted by atomic mass is 15.1. The summed E-state index contributed by atoms with van der Waals surface area (Å²) in [6.45, 7) is 11.2. The maximum Gasteiger partial charge on any atom is 0.135 e. The number of nitrogens with zero attached hydrogens (tertiary/aromatic N) is 4. The van der Waals surface area contributed by atoms with Crippen LogP contribution in [0.3, 0.4) is 0 Å². The average Bonchev–Trinajstić information content (AvgIpc) is 2.74. The van der Waals surface area contributed by atoms with Gasteiger partial charge in [0.25, 0.3) is 0 Å². The zero-order valence-electron chi connectivity index (χ0n) is 17.8. The van der Waals surface area contributed by atoms with Crippen LogP contribution in [-0.2, 0) is 0 Å². The lowest BCUT2D eigenvalue weighted by Crippen LogP contribution is -2.36. The first-order valence-corrected chi connectivity index (χ1v) is 10.4. The molecule has 6 nitrogen and oxygen atoms in total. The van der Waals surface area contributed by atoms with E-state index in [4.69, 9.17) is 9.97 Å². The molecule has 1 aliphatic heterocycles. The lowest BCUT2D eigenvalue weighted by atomic mass is 9.94. The van der Waals surface area contributed by atoms with Crippen molar-refractivity contribution in [3.05, 3.63) is 66.0 Å². The smallest absolute Gasteiger partial charge is 0.135 e. The predicted molar refractivity (Wildman–Crippen MR) is 122 cm³/mol. The van der Waals surface area contributed by atoms with E-state index in [1.165, 1.54) is 0 Å². The van der Waals surface area contributed by atoms with Gasteiger partial charge in [0.15, 0.2) is 0 Å². The monoisotopic (exact) mass is 400 g/mol. The zero-order valence-corrected chi connectivity index (χ0v) is 17.8. The molecule has 3 aromatic rings. The second-order valence-corrected chi connectivity index (χ2v) is 8.08. The van der Waals surface area contributed by atoms with Crippen LogP contribution in [0.5, 0.6) is 0 Å².